The minimum atomic E-state index is -3.63. The number of hydrogen-bond acceptors (Lipinski definition) is 3. The van der Waals surface area contributed by atoms with Crippen molar-refractivity contribution in [3.05, 3.63) is 69.8 Å². The molecule has 0 saturated heterocycles. The van der Waals surface area contributed by atoms with Crippen molar-refractivity contribution >= 4 is 7.94 Å². The van der Waals surface area contributed by atoms with E-state index in [1.54, 1.807) is 0 Å². The second kappa shape index (κ2) is 14.9. The zero-order valence-corrected chi connectivity index (χ0v) is 31.0. The third kappa shape index (κ3) is 11.6. The van der Waals surface area contributed by atoms with Crippen LogP contribution in [0.4, 0.5) is 0 Å². The summed E-state index contributed by atoms with van der Waals surface area (Å²) in [5, 5.41) is 0. The van der Waals surface area contributed by atoms with Crippen molar-refractivity contribution in [2.45, 2.75) is 169 Å². The van der Waals surface area contributed by atoms with Crippen LogP contribution in [0.5, 0.6) is 0 Å². The molecule has 2 N–H and O–H groups in total. The molecular weight excluding hydrogens is 547 g/mol. The van der Waals surface area contributed by atoms with E-state index in [9.17, 15) is 9.79 Å². The van der Waals surface area contributed by atoms with Gasteiger partial charge in [-0.15, -0.1) is 0 Å². The van der Waals surface area contributed by atoms with Gasteiger partial charge in [0.1, 0.15) is 6.16 Å². The Morgan fingerprint density at radius 1 is 0.558 bits per heavy atom. The minimum Gasteiger partial charge on any atom is -0.193 e. The molecule has 2 aromatic carbocycles. The topological polar surface area (TPSA) is 49.7 Å². The van der Waals surface area contributed by atoms with Crippen LogP contribution in [0.1, 0.15) is 181 Å². The summed E-state index contributed by atoms with van der Waals surface area (Å²) in [5.74, 6) is 0. The van der Waals surface area contributed by atoms with E-state index in [-0.39, 0.29) is 21.7 Å². The second-order valence-electron chi connectivity index (χ2n) is 17.0. The van der Waals surface area contributed by atoms with Crippen molar-refractivity contribution in [3.8, 4) is 0 Å². The van der Waals surface area contributed by atoms with Gasteiger partial charge in [0.25, 0.3) is 0 Å². The van der Waals surface area contributed by atoms with Gasteiger partial charge in [-0.25, -0.2) is 0 Å². The lowest BCUT2D eigenvalue weighted by molar-refractivity contribution is 0.178. The highest BCUT2D eigenvalue weighted by atomic mass is 31.2. The summed E-state index contributed by atoms with van der Waals surface area (Å²) in [6, 6.07) is 13.4. The molecule has 0 amide bonds. The molecule has 244 valence electrons. The lowest BCUT2D eigenvalue weighted by atomic mass is 9.74. The molecule has 0 saturated carbocycles. The van der Waals surface area contributed by atoms with Gasteiger partial charge in [-0.2, -0.15) is 14.3 Å². The van der Waals surface area contributed by atoms with Gasteiger partial charge >= 0.3 is 7.94 Å². The fourth-order valence-electron chi connectivity index (χ4n) is 5.76. The standard InChI is InChI=1S/C39H66O3P/c1-14-15-16-17-18-19-20-21-26-43(40,41)42-35(31-24-22-29(36(2,3)4)27-33(31)38(8,9)10)32-25-23-30(37(5,6)7)28-34(32)39(11,12)13/h22-25,27-28,35,40-41H,14-21,26H2,1-13H3/q+1. The average Bonchev–Trinajstić information content (AvgIpc) is 2.86. The first-order valence-electron chi connectivity index (χ1n) is 16.9. The van der Waals surface area contributed by atoms with Crippen molar-refractivity contribution in [1.29, 1.82) is 0 Å². The van der Waals surface area contributed by atoms with Crippen molar-refractivity contribution in [3.63, 3.8) is 0 Å². The molecule has 0 unspecified atom stereocenters. The number of unbranched alkanes of at least 4 members (excludes halogenated alkanes) is 7. The average molecular weight is 614 g/mol. The van der Waals surface area contributed by atoms with Crippen LogP contribution < -0.4 is 0 Å². The van der Waals surface area contributed by atoms with Crippen LogP contribution in [-0.4, -0.2) is 15.9 Å². The molecule has 4 heteroatoms. The van der Waals surface area contributed by atoms with Gasteiger partial charge < -0.3 is 0 Å². The van der Waals surface area contributed by atoms with E-state index < -0.39 is 14.0 Å². The van der Waals surface area contributed by atoms with E-state index in [1.165, 1.54) is 54.4 Å². The predicted octanol–water partition coefficient (Wildman–Crippen LogP) is 11.9. The predicted molar refractivity (Wildman–Crippen MR) is 189 cm³/mol. The maximum Gasteiger partial charge on any atom is 0.407 e. The number of rotatable bonds is 13. The van der Waals surface area contributed by atoms with Crippen LogP contribution in [0, 0.1) is 0 Å². The molecule has 3 nitrogen and oxygen atoms in total. The molecule has 0 aromatic heterocycles. The van der Waals surface area contributed by atoms with Gasteiger partial charge in [-0.05, 0) is 67.9 Å². The Morgan fingerprint density at radius 3 is 1.28 bits per heavy atom. The SMILES string of the molecule is CCCCCCCCCC[P+](O)(O)OC(c1ccc(C(C)(C)C)cc1C(C)(C)C)c1ccc(C(C)(C)C)cc1C(C)(C)C. The first kappa shape index (κ1) is 37.9. The minimum absolute atomic E-state index is 0.00106. The second-order valence-corrected chi connectivity index (χ2v) is 18.9. The summed E-state index contributed by atoms with van der Waals surface area (Å²) >= 11 is 0. The molecule has 0 heterocycles. The quantitative estimate of drug-likeness (QED) is 0.174. The molecule has 0 bridgehead atoms. The monoisotopic (exact) mass is 613 g/mol. The molecule has 0 atom stereocenters. The van der Waals surface area contributed by atoms with E-state index in [0.29, 0.717) is 6.16 Å². The smallest absolute Gasteiger partial charge is 0.193 e. The molecule has 0 aliphatic heterocycles. The van der Waals surface area contributed by atoms with Gasteiger partial charge in [-0.1, -0.05) is 165 Å². The van der Waals surface area contributed by atoms with Crippen LogP contribution in [0.15, 0.2) is 36.4 Å². The Kier molecular flexibility index (Phi) is 13.1. The molecule has 0 fully saturated rings. The molecule has 2 aromatic rings. The van der Waals surface area contributed by atoms with Crippen LogP contribution in [-0.2, 0) is 26.2 Å². The molecule has 0 spiro atoms. The Morgan fingerprint density at radius 2 is 0.930 bits per heavy atom. The zero-order chi connectivity index (χ0) is 32.9. The first-order valence-corrected chi connectivity index (χ1v) is 18.7. The van der Waals surface area contributed by atoms with Crippen molar-refractivity contribution in [1.82, 2.24) is 0 Å². The highest BCUT2D eigenvalue weighted by molar-refractivity contribution is 7.59. The lowest BCUT2D eigenvalue weighted by Gasteiger charge is -2.33. The van der Waals surface area contributed by atoms with E-state index >= 15 is 0 Å². The highest BCUT2D eigenvalue weighted by Gasteiger charge is 2.42. The fraction of sp³-hybridized carbons (Fsp3) is 0.692. The third-order valence-electron chi connectivity index (χ3n) is 8.60. The maximum atomic E-state index is 11.5. The van der Waals surface area contributed by atoms with Gasteiger partial charge in [-0.3, -0.25) is 0 Å². The van der Waals surface area contributed by atoms with E-state index in [1.807, 2.05) is 0 Å². The Hall–Kier alpha value is -1.25. The van der Waals surface area contributed by atoms with Crippen molar-refractivity contribution in [2.75, 3.05) is 6.16 Å². The Balaban J connectivity index is 2.61. The number of benzene rings is 2. The number of hydrogen-bond donors (Lipinski definition) is 2. The van der Waals surface area contributed by atoms with Crippen LogP contribution in [0.2, 0.25) is 0 Å². The van der Waals surface area contributed by atoms with Crippen LogP contribution in [0.25, 0.3) is 0 Å². The highest BCUT2D eigenvalue weighted by Crippen LogP contribution is 2.58. The maximum absolute atomic E-state index is 11.5. The summed E-state index contributed by atoms with van der Waals surface area (Å²) < 4.78 is 6.61. The molecule has 43 heavy (non-hydrogen) atoms. The molecule has 0 aliphatic carbocycles. The Bertz CT molecular complexity index is 1080. The summed E-state index contributed by atoms with van der Waals surface area (Å²) in [5.41, 5.74) is 6.66. The fourth-order valence-corrected chi connectivity index (χ4v) is 7.06. The first-order chi connectivity index (χ1) is 19.6. The molecule has 2 rings (SSSR count). The van der Waals surface area contributed by atoms with E-state index in [4.69, 9.17) is 4.52 Å². The van der Waals surface area contributed by atoms with E-state index in [0.717, 1.165) is 30.4 Å². The van der Waals surface area contributed by atoms with Crippen molar-refractivity contribution in [2.24, 2.45) is 0 Å². The van der Waals surface area contributed by atoms with E-state index in [2.05, 4.69) is 126 Å². The lowest BCUT2D eigenvalue weighted by Crippen LogP contribution is -2.24. The molecule has 0 aliphatic rings. The normalized spacial score (nSPS) is 13.7. The van der Waals surface area contributed by atoms with Crippen LogP contribution in [0.3, 0.4) is 0 Å². The summed E-state index contributed by atoms with van der Waals surface area (Å²) in [7, 11) is -3.63. The molecule has 0 radical (unpaired) electrons. The van der Waals surface area contributed by atoms with Crippen LogP contribution >= 0.6 is 7.94 Å². The Labute approximate surface area is 266 Å². The van der Waals surface area contributed by atoms with Gasteiger partial charge in [0, 0.05) is 0 Å². The summed E-state index contributed by atoms with van der Waals surface area (Å²) in [6.07, 6.45) is 8.98. The third-order valence-corrected chi connectivity index (χ3v) is 10.0. The largest absolute Gasteiger partial charge is 0.407 e. The summed E-state index contributed by atoms with van der Waals surface area (Å²) in [6.45, 7) is 29.1. The molecular formula is C39H66O3P+. The zero-order valence-electron chi connectivity index (χ0n) is 30.2. The van der Waals surface area contributed by atoms with Crippen molar-refractivity contribution < 1.29 is 14.3 Å². The van der Waals surface area contributed by atoms with Gasteiger partial charge in [0.15, 0.2) is 6.10 Å². The summed E-state index contributed by atoms with van der Waals surface area (Å²) in [4.78, 5) is 23.0. The van der Waals surface area contributed by atoms with Gasteiger partial charge in [0.2, 0.25) is 0 Å². The van der Waals surface area contributed by atoms with Gasteiger partial charge in [0.05, 0.1) is 0 Å².